The molecule has 0 bridgehead atoms. The number of carbonyl (C=O) groups excluding carboxylic acids is 1. The van der Waals surface area contributed by atoms with Gasteiger partial charge < -0.3 is 14.8 Å². The molecule has 0 saturated heterocycles. The third-order valence-electron chi connectivity index (χ3n) is 3.72. The first-order valence-corrected chi connectivity index (χ1v) is 10.0. The van der Waals surface area contributed by atoms with Crippen molar-refractivity contribution in [2.45, 2.75) is 4.90 Å². The van der Waals surface area contributed by atoms with E-state index in [1.165, 1.54) is 30.3 Å². The monoisotopic (exact) mass is 423 g/mol. The SMILES string of the molecule is COCCOCCNC(=O)c1ccccc1NS(=O)(=O)c1cccc([N+](=O)[O-])c1. The predicted molar refractivity (Wildman–Crippen MR) is 105 cm³/mol. The van der Waals surface area contributed by atoms with Gasteiger partial charge in [0.15, 0.2) is 0 Å². The van der Waals surface area contributed by atoms with Gasteiger partial charge in [-0.2, -0.15) is 0 Å². The molecule has 0 fully saturated rings. The van der Waals surface area contributed by atoms with Crippen LogP contribution in [0.4, 0.5) is 11.4 Å². The first-order chi connectivity index (χ1) is 13.8. The number of hydrogen-bond acceptors (Lipinski definition) is 7. The van der Waals surface area contributed by atoms with Crippen molar-refractivity contribution >= 4 is 27.3 Å². The molecule has 10 nitrogen and oxygen atoms in total. The van der Waals surface area contributed by atoms with E-state index in [9.17, 15) is 23.3 Å². The minimum atomic E-state index is -4.13. The van der Waals surface area contributed by atoms with Gasteiger partial charge in [-0.1, -0.05) is 18.2 Å². The molecule has 0 aliphatic carbocycles. The predicted octanol–water partition coefficient (Wildman–Crippen LogP) is 1.79. The van der Waals surface area contributed by atoms with E-state index < -0.39 is 20.9 Å². The molecule has 156 valence electrons. The van der Waals surface area contributed by atoms with Crippen LogP contribution in [0, 0.1) is 10.1 Å². The number of rotatable bonds is 11. The largest absolute Gasteiger partial charge is 0.382 e. The number of sulfonamides is 1. The smallest absolute Gasteiger partial charge is 0.270 e. The fourth-order valence-electron chi connectivity index (χ4n) is 2.31. The minimum Gasteiger partial charge on any atom is -0.382 e. The Balaban J connectivity index is 2.11. The molecule has 0 saturated carbocycles. The van der Waals surface area contributed by atoms with E-state index in [0.29, 0.717) is 13.2 Å². The van der Waals surface area contributed by atoms with E-state index in [0.717, 1.165) is 6.07 Å². The molecule has 0 aliphatic rings. The average molecular weight is 423 g/mol. The Morgan fingerprint density at radius 2 is 1.86 bits per heavy atom. The van der Waals surface area contributed by atoms with Crippen LogP contribution in [0.15, 0.2) is 53.4 Å². The first-order valence-electron chi connectivity index (χ1n) is 8.56. The summed E-state index contributed by atoms with van der Waals surface area (Å²) in [7, 11) is -2.58. The van der Waals surface area contributed by atoms with Crippen LogP contribution in [0.2, 0.25) is 0 Å². The number of methoxy groups -OCH3 is 1. The zero-order valence-corrected chi connectivity index (χ0v) is 16.5. The highest BCUT2D eigenvalue weighted by Crippen LogP contribution is 2.22. The number of anilines is 1. The van der Waals surface area contributed by atoms with E-state index >= 15 is 0 Å². The Hall–Kier alpha value is -3.02. The van der Waals surface area contributed by atoms with Crippen molar-refractivity contribution in [3.63, 3.8) is 0 Å². The second-order valence-corrected chi connectivity index (χ2v) is 7.45. The van der Waals surface area contributed by atoms with E-state index in [2.05, 4.69) is 10.0 Å². The van der Waals surface area contributed by atoms with Crippen molar-refractivity contribution in [1.82, 2.24) is 5.32 Å². The molecular formula is C18H21N3O7S. The van der Waals surface area contributed by atoms with Crippen LogP contribution in [-0.2, 0) is 19.5 Å². The number of ether oxygens (including phenoxy) is 2. The summed E-state index contributed by atoms with van der Waals surface area (Å²) in [4.78, 5) is 22.3. The molecule has 2 aromatic rings. The van der Waals surface area contributed by atoms with Crippen molar-refractivity contribution in [1.29, 1.82) is 0 Å². The lowest BCUT2D eigenvalue weighted by Gasteiger charge is -2.13. The maximum absolute atomic E-state index is 12.6. The summed E-state index contributed by atoms with van der Waals surface area (Å²) in [6, 6.07) is 10.7. The van der Waals surface area contributed by atoms with Crippen molar-refractivity contribution in [2.75, 3.05) is 38.2 Å². The van der Waals surface area contributed by atoms with E-state index in [1.54, 1.807) is 19.2 Å². The van der Waals surface area contributed by atoms with Crippen LogP contribution in [0.25, 0.3) is 0 Å². The zero-order chi connectivity index (χ0) is 21.3. The highest BCUT2D eigenvalue weighted by atomic mass is 32.2. The number of nitro benzene ring substituents is 1. The highest BCUT2D eigenvalue weighted by Gasteiger charge is 2.20. The second kappa shape index (κ2) is 10.5. The molecular weight excluding hydrogens is 402 g/mol. The van der Waals surface area contributed by atoms with Gasteiger partial charge >= 0.3 is 0 Å². The molecule has 0 heterocycles. The summed E-state index contributed by atoms with van der Waals surface area (Å²) in [6.07, 6.45) is 0. The zero-order valence-electron chi connectivity index (χ0n) is 15.7. The molecule has 2 N–H and O–H groups in total. The summed E-state index contributed by atoms with van der Waals surface area (Å²) in [5, 5.41) is 13.5. The normalized spacial score (nSPS) is 11.1. The number of amides is 1. The Morgan fingerprint density at radius 3 is 2.59 bits per heavy atom. The van der Waals surface area contributed by atoms with Crippen LogP contribution in [0.5, 0.6) is 0 Å². The Morgan fingerprint density at radius 1 is 1.10 bits per heavy atom. The van der Waals surface area contributed by atoms with Gasteiger partial charge in [0.25, 0.3) is 21.6 Å². The van der Waals surface area contributed by atoms with E-state index in [-0.39, 0.29) is 35.0 Å². The van der Waals surface area contributed by atoms with E-state index in [1.807, 2.05) is 0 Å². The number of carbonyl (C=O) groups is 1. The van der Waals surface area contributed by atoms with Gasteiger partial charge in [0.2, 0.25) is 0 Å². The van der Waals surface area contributed by atoms with Crippen LogP contribution >= 0.6 is 0 Å². The highest BCUT2D eigenvalue weighted by molar-refractivity contribution is 7.92. The Labute approximate surface area is 168 Å². The van der Waals surface area contributed by atoms with Gasteiger partial charge in [-0.05, 0) is 18.2 Å². The van der Waals surface area contributed by atoms with Crippen molar-refractivity contribution in [2.24, 2.45) is 0 Å². The number of non-ortho nitro benzene ring substituents is 1. The lowest BCUT2D eigenvalue weighted by molar-refractivity contribution is -0.385. The van der Waals surface area contributed by atoms with Gasteiger partial charge in [0.1, 0.15) is 0 Å². The summed E-state index contributed by atoms with van der Waals surface area (Å²) in [6.45, 7) is 1.34. The van der Waals surface area contributed by atoms with E-state index in [4.69, 9.17) is 9.47 Å². The topological polar surface area (TPSA) is 137 Å². The molecule has 29 heavy (non-hydrogen) atoms. The van der Waals surface area contributed by atoms with Crippen molar-refractivity contribution in [3.8, 4) is 0 Å². The van der Waals surface area contributed by atoms with Gasteiger partial charge in [-0.15, -0.1) is 0 Å². The van der Waals surface area contributed by atoms with Gasteiger partial charge in [-0.25, -0.2) is 8.42 Å². The fourth-order valence-corrected chi connectivity index (χ4v) is 3.43. The number of benzene rings is 2. The number of nitrogens with zero attached hydrogens (tertiary/aromatic N) is 1. The fraction of sp³-hybridized carbons (Fsp3) is 0.278. The third-order valence-corrected chi connectivity index (χ3v) is 5.08. The number of nitrogens with one attached hydrogen (secondary N) is 2. The van der Waals surface area contributed by atoms with Crippen LogP contribution < -0.4 is 10.0 Å². The molecule has 1 amide bonds. The summed E-state index contributed by atoms with van der Waals surface area (Å²) in [5.41, 5.74) is -0.192. The Kier molecular flexibility index (Phi) is 8.07. The molecule has 0 aromatic heterocycles. The minimum absolute atomic E-state index is 0.0526. The van der Waals surface area contributed by atoms with Crippen LogP contribution in [0.1, 0.15) is 10.4 Å². The second-order valence-electron chi connectivity index (χ2n) is 5.77. The third kappa shape index (κ3) is 6.52. The molecule has 0 unspecified atom stereocenters. The molecule has 2 rings (SSSR count). The van der Waals surface area contributed by atoms with Crippen LogP contribution in [0.3, 0.4) is 0 Å². The lowest BCUT2D eigenvalue weighted by Crippen LogP contribution is -2.28. The molecule has 0 aliphatic heterocycles. The lowest BCUT2D eigenvalue weighted by atomic mass is 10.1. The molecule has 0 spiro atoms. The first kappa shape index (κ1) is 22.3. The average Bonchev–Trinajstić information content (AvgIpc) is 2.70. The van der Waals surface area contributed by atoms with Gasteiger partial charge in [0.05, 0.1) is 40.9 Å². The summed E-state index contributed by atoms with van der Waals surface area (Å²) in [5.74, 6) is -0.488. The quantitative estimate of drug-likeness (QED) is 0.319. The molecule has 0 atom stereocenters. The van der Waals surface area contributed by atoms with Crippen molar-refractivity contribution in [3.05, 3.63) is 64.2 Å². The summed E-state index contributed by atoms with van der Waals surface area (Å²) >= 11 is 0. The molecule has 11 heteroatoms. The number of para-hydroxylation sites is 1. The van der Waals surface area contributed by atoms with Crippen molar-refractivity contribution < 1.29 is 27.6 Å². The number of hydrogen-bond donors (Lipinski definition) is 2. The standard InChI is InChI=1S/C18H21N3O7S/c1-27-11-12-28-10-9-19-18(22)16-7-2-3-8-17(16)20-29(25,26)15-6-4-5-14(13-15)21(23)24/h2-8,13,20H,9-12H2,1H3,(H,19,22). The maximum Gasteiger partial charge on any atom is 0.270 e. The Bertz CT molecular complexity index is 963. The number of nitro groups is 1. The van der Waals surface area contributed by atoms with Crippen LogP contribution in [-0.4, -0.2) is 52.7 Å². The summed E-state index contributed by atoms with van der Waals surface area (Å²) < 4.78 is 37.6. The molecule has 0 radical (unpaired) electrons. The van der Waals surface area contributed by atoms with Gasteiger partial charge in [0, 0.05) is 25.8 Å². The van der Waals surface area contributed by atoms with Gasteiger partial charge in [-0.3, -0.25) is 19.6 Å². The molecule has 2 aromatic carbocycles. The maximum atomic E-state index is 12.6.